The summed E-state index contributed by atoms with van der Waals surface area (Å²) < 4.78 is 30.9. The molecule has 0 aliphatic rings. The number of hydrogen-bond acceptors (Lipinski definition) is 6. The van der Waals surface area contributed by atoms with E-state index in [1.807, 2.05) is 33.3 Å². The molecular weight excluding hydrogens is 1110 g/mol. The number of allylic oxidation sites excluding steroid dienone is 11. The summed E-state index contributed by atoms with van der Waals surface area (Å²) in [6.07, 6.45) is 89.3. The maximum Gasteiger partial charge on any atom is 0.472 e. The molecule has 0 saturated heterocycles. The van der Waals surface area contributed by atoms with Crippen LogP contribution in [0.2, 0.25) is 0 Å². The van der Waals surface area contributed by atoms with Gasteiger partial charge < -0.3 is 19.4 Å². The fraction of sp³-hybridized carbons (Fsp3) is 0.821. The minimum absolute atomic E-state index is 0.0386. The first kappa shape index (κ1) is 85.5. The Balaban J connectivity index is 4.99. The third-order valence-corrected chi connectivity index (χ3v) is 17.9. The van der Waals surface area contributed by atoms with Crippen molar-refractivity contribution in [3.05, 3.63) is 72.9 Å². The van der Waals surface area contributed by atoms with Gasteiger partial charge in [-0.15, -0.1) is 0 Å². The second-order valence-electron chi connectivity index (χ2n) is 26.8. The van der Waals surface area contributed by atoms with Crippen molar-refractivity contribution in [2.75, 3.05) is 40.9 Å². The van der Waals surface area contributed by atoms with E-state index < -0.39 is 20.0 Å². The average Bonchev–Trinajstić information content (AvgIpc) is 3.71. The molecule has 1 amide bonds. The molecule has 514 valence electrons. The number of hydrogen-bond donors (Lipinski definition) is 2. The minimum Gasteiger partial charge on any atom is -0.456 e. The molecule has 0 rings (SSSR count). The van der Waals surface area contributed by atoms with Gasteiger partial charge >= 0.3 is 13.8 Å². The zero-order valence-corrected chi connectivity index (χ0v) is 59.9. The van der Waals surface area contributed by atoms with Crippen molar-refractivity contribution in [2.45, 2.75) is 373 Å². The van der Waals surface area contributed by atoms with Crippen molar-refractivity contribution in [1.29, 1.82) is 0 Å². The van der Waals surface area contributed by atoms with E-state index in [0.29, 0.717) is 23.9 Å². The van der Waals surface area contributed by atoms with Gasteiger partial charge in [0, 0.05) is 12.8 Å². The molecule has 0 aliphatic heterocycles. The Bertz CT molecular complexity index is 1730. The molecule has 3 atom stereocenters. The monoisotopic (exact) mass is 1250 g/mol. The second kappa shape index (κ2) is 67.3. The number of amides is 1. The van der Waals surface area contributed by atoms with Crippen LogP contribution in [0.25, 0.3) is 0 Å². The van der Waals surface area contributed by atoms with Gasteiger partial charge in [-0.2, -0.15) is 0 Å². The summed E-state index contributed by atoms with van der Waals surface area (Å²) in [6, 6.07) is -0.854. The highest BCUT2D eigenvalue weighted by Crippen LogP contribution is 2.43. The van der Waals surface area contributed by atoms with Crippen molar-refractivity contribution >= 4 is 19.7 Å². The number of nitrogens with one attached hydrogen (secondary N) is 1. The predicted molar refractivity (Wildman–Crippen MR) is 383 cm³/mol. The SMILES string of the molecule is CC/C=C\C/C=C\C/C=C\C/C=C\C/C=C\CCCCCCCCCCCC(=O)NC(COP(=O)(O)OCC[N+](C)(C)C)C(/C=C/CCCCCCCCCCCC)OC(=O)CCCCCCCCCCCCCCCCCCCCCCCCCCC. The largest absolute Gasteiger partial charge is 0.472 e. The quantitative estimate of drug-likeness (QED) is 0.0205. The van der Waals surface area contributed by atoms with Crippen LogP contribution in [-0.2, 0) is 27.9 Å². The van der Waals surface area contributed by atoms with E-state index in [1.54, 1.807) is 0 Å². The number of ether oxygens (including phenoxy) is 1. The van der Waals surface area contributed by atoms with Gasteiger partial charge in [0.2, 0.25) is 5.91 Å². The predicted octanol–water partition coefficient (Wildman–Crippen LogP) is 24.3. The van der Waals surface area contributed by atoms with Gasteiger partial charge in [0.05, 0.1) is 33.8 Å². The van der Waals surface area contributed by atoms with Crippen molar-refractivity contribution in [3.63, 3.8) is 0 Å². The summed E-state index contributed by atoms with van der Waals surface area (Å²) in [7, 11) is 1.50. The van der Waals surface area contributed by atoms with E-state index in [2.05, 4.69) is 86.8 Å². The lowest BCUT2D eigenvalue weighted by atomic mass is 10.0. The molecule has 2 N–H and O–H groups in total. The summed E-state index contributed by atoms with van der Waals surface area (Å²) >= 11 is 0. The zero-order valence-electron chi connectivity index (χ0n) is 59.0. The molecule has 88 heavy (non-hydrogen) atoms. The van der Waals surface area contributed by atoms with Gasteiger partial charge in [-0.25, -0.2) is 4.57 Å². The molecule has 0 saturated carbocycles. The first-order chi connectivity index (χ1) is 42.9. The van der Waals surface area contributed by atoms with Gasteiger partial charge in [0.15, 0.2) is 0 Å². The number of esters is 1. The lowest BCUT2D eigenvalue weighted by molar-refractivity contribution is -0.870. The van der Waals surface area contributed by atoms with Gasteiger partial charge in [0.25, 0.3) is 0 Å². The number of rotatable bonds is 69. The molecule has 10 heteroatoms. The van der Waals surface area contributed by atoms with Crippen LogP contribution < -0.4 is 5.32 Å². The Morgan fingerprint density at radius 2 is 0.727 bits per heavy atom. The molecule has 0 aliphatic carbocycles. The van der Waals surface area contributed by atoms with E-state index in [9.17, 15) is 19.0 Å². The van der Waals surface area contributed by atoms with Crippen LogP contribution in [0.3, 0.4) is 0 Å². The summed E-state index contributed by atoms with van der Waals surface area (Å²) in [5.74, 6) is -0.497. The summed E-state index contributed by atoms with van der Waals surface area (Å²) in [5, 5.41) is 3.08. The third kappa shape index (κ3) is 67.8. The number of carbonyl (C=O) groups is 2. The topological polar surface area (TPSA) is 111 Å². The van der Waals surface area contributed by atoms with Crippen molar-refractivity contribution < 1.29 is 37.3 Å². The summed E-state index contributed by atoms with van der Waals surface area (Å²) in [5.41, 5.74) is 0. The number of likely N-dealkylation sites (N-methyl/N-ethyl adjacent to an activating group) is 1. The first-order valence-electron chi connectivity index (χ1n) is 37.8. The van der Waals surface area contributed by atoms with Crippen LogP contribution in [0.4, 0.5) is 0 Å². The van der Waals surface area contributed by atoms with E-state index in [4.69, 9.17) is 13.8 Å². The van der Waals surface area contributed by atoms with Crippen molar-refractivity contribution in [2.24, 2.45) is 0 Å². The molecule has 0 aromatic rings. The summed E-state index contributed by atoms with van der Waals surface area (Å²) in [6.45, 7) is 6.95. The molecule has 0 radical (unpaired) electrons. The van der Waals surface area contributed by atoms with Crippen LogP contribution in [0.5, 0.6) is 0 Å². The molecule has 3 unspecified atom stereocenters. The Kier molecular flexibility index (Phi) is 65.4. The van der Waals surface area contributed by atoms with Crippen LogP contribution in [0, 0.1) is 0 Å². The third-order valence-electron chi connectivity index (χ3n) is 16.9. The number of unbranched alkanes of at least 4 members (excludes halogenated alkanes) is 43. The zero-order chi connectivity index (χ0) is 64.2. The smallest absolute Gasteiger partial charge is 0.456 e. The standard InChI is InChI=1S/C78H145N2O7P/c1-7-10-13-16-19-22-25-28-30-32-34-36-38-40-42-44-46-48-50-52-55-58-61-64-67-70-77(81)79-75(74-86-88(83,84)85-73-72-80(4,5)6)76(69-66-63-60-57-54-27-24-21-18-15-12-9-3)87-78(82)71-68-65-62-59-56-53-51-49-47-45-43-41-39-37-35-33-31-29-26-23-20-17-14-11-8-2/h10,13,19,22,28,30,34,36,40,42,66,69,75-76H,7-9,11-12,14-18,20-21,23-27,29,31-33,35,37-39,41,43-65,67-68,70-74H2,1-6H3,(H-,79,81,83,84)/p+1/b13-10-,22-19-,30-28-,36-34-,42-40-,69-66+. The number of phosphoric ester groups is 1. The number of phosphoric acid groups is 1. The Hall–Kier alpha value is -2.55. The number of carbonyl (C=O) groups excluding carboxylic acids is 2. The highest BCUT2D eigenvalue weighted by molar-refractivity contribution is 7.47. The average molecular weight is 1260 g/mol. The minimum atomic E-state index is -4.46. The van der Waals surface area contributed by atoms with Gasteiger partial charge in [0.1, 0.15) is 19.3 Å². The Labute approximate surface area is 546 Å². The number of nitrogens with zero attached hydrogens (tertiary/aromatic N) is 1. The van der Waals surface area contributed by atoms with Gasteiger partial charge in [-0.1, -0.05) is 344 Å². The Morgan fingerprint density at radius 1 is 0.409 bits per heavy atom. The molecule has 0 aromatic heterocycles. The highest BCUT2D eigenvalue weighted by atomic mass is 31.2. The summed E-state index contributed by atoms with van der Waals surface area (Å²) in [4.78, 5) is 38.0. The van der Waals surface area contributed by atoms with Crippen molar-refractivity contribution in [1.82, 2.24) is 5.32 Å². The van der Waals surface area contributed by atoms with Gasteiger partial charge in [-0.3, -0.25) is 18.6 Å². The van der Waals surface area contributed by atoms with E-state index in [1.165, 1.54) is 225 Å². The fourth-order valence-corrected chi connectivity index (χ4v) is 11.9. The fourth-order valence-electron chi connectivity index (χ4n) is 11.1. The van der Waals surface area contributed by atoms with Gasteiger partial charge in [-0.05, 0) is 76.7 Å². The molecule has 0 bridgehead atoms. The lowest BCUT2D eigenvalue weighted by Gasteiger charge is -2.27. The van der Waals surface area contributed by atoms with Crippen LogP contribution in [0.1, 0.15) is 361 Å². The van der Waals surface area contributed by atoms with Crippen LogP contribution >= 0.6 is 7.82 Å². The Morgan fingerprint density at radius 3 is 1.09 bits per heavy atom. The van der Waals surface area contributed by atoms with E-state index in [0.717, 1.165) is 103 Å². The molecule has 0 aromatic carbocycles. The molecular formula is C78H146N2O7P+. The van der Waals surface area contributed by atoms with Crippen molar-refractivity contribution in [3.8, 4) is 0 Å². The number of quaternary nitrogens is 1. The normalized spacial score (nSPS) is 13.9. The van der Waals surface area contributed by atoms with E-state index in [-0.39, 0.29) is 25.1 Å². The highest BCUT2D eigenvalue weighted by Gasteiger charge is 2.30. The van der Waals surface area contributed by atoms with Crippen LogP contribution in [-0.4, -0.2) is 74.3 Å². The van der Waals surface area contributed by atoms with Crippen LogP contribution in [0.15, 0.2) is 72.9 Å². The maximum atomic E-state index is 13.6. The molecule has 0 spiro atoms. The first-order valence-corrected chi connectivity index (χ1v) is 39.3. The maximum absolute atomic E-state index is 13.6. The molecule has 0 heterocycles. The van der Waals surface area contributed by atoms with E-state index >= 15 is 0 Å². The molecule has 0 fully saturated rings. The molecule has 9 nitrogen and oxygen atoms in total. The second-order valence-corrected chi connectivity index (χ2v) is 28.3. The lowest BCUT2D eigenvalue weighted by Crippen LogP contribution is -2.47.